The number of benzene rings is 1. The van der Waals surface area contributed by atoms with Crippen molar-refractivity contribution >= 4 is 22.6 Å². The fraction of sp³-hybridized carbons (Fsp3) is 0.412. The molecule has 7 nitrogen and oxygen atoms in total. The van der Waals surface area contributed by atoms with E-state index in [4.69, 9.17) is 0 Å². The second-order valence-electron chi connectivity index (χ2n) is 5.99. The topological polar surface area (TPSA) is 93.1 Å². The maximum Gasteiger partial charge on any atom is 0.290 e. The zero-order chi connectivity index (χ0) is 17.1. The Kier molecular flexibility index (Phi) is 4.59. The monoisotopic (exact) mass is 328 g/mol. The van der Waals surface area contributed by atoms with Crippen LogP contribution in [0.3, 0.4) is 0 Å². The first-order valence-corrected chi connectivity index (χ1v) is 8.22. The molecule has 2 N–H and O–H groups in total. The van der Waals surface area contributed by atoms with Crippen molar-refractivity contribution in [1.29, 1.82) is 0 Å². The number of hydrazine groups is 1. The Bertz CT molecular complexity index is 839. The van der Waals surface area contributed by atoms with Gasteiger partial charge in [-0.2, -0.15) is 5.10 Å². The van der Waals surface area contributed by atoms with Crippen LogP contribution < -0.4 is 16.4 Å². The number of hydrogen-bond donors (Lipinski definition) is 2. The van der Waals surface area contributed by atoms with Crippen LogP contribution in [0, 0.1) is 5.92 Å². The number of hydrogen-bond acceptors (Lipinski definition) is 4. The van der Waals surface area contributed by atoms with Crippen molar-refractivity contribution in [2.45, 2.75) is 39.2 Å². The van der Waals surface area contributed by atoms with Crippen LogP contribution in [0.1, 0.15) is 43.1 Å². The third-order valence-electron chi connectivity index (χ3n) is 4.29. The Balaban J connectivity index is 1.89. The summed E-state index contributed by atoms with van der Waals surface area (Å²) in [4.78, 5) is 36.7. The van der Waals surface area contributed by atoms with Gasteiger partial charge in [0, 0.05) is 17.8 Å². The van der Waals surface area contributed by atoms with E-state index in [-0.39, 0.29) is 23.1 Å². The smallest absolute Gasteiger partial charge is 0.273 e. The highest BCUT2D eigenvalue weighted by atomic mass is 16.2. The van der Waals surface area contributed by atoms with Gasteiger partial charge >= 0.3 is 0 Å². The quantitative estimate of drug-likeness (QED) is 0.829. The van der Waals surface area contributed by atoms with Gasteiger partial charge in [-0.25, -0.2) is 4.68 Å². The van der Waals surface area contributed by atoms with E-state index in [1.165, 1.54) is 4.68 Å². The zero-order valence-corrected chi connectivity index (χ0v) is 13.5. The maximum absolute atomic E-state index is 12.5. The summed E-state index contributed by atoms with van der Waals surface area (Å²) in [6.07, 6.45) is 3.47. The largest absolute Gasteiger partial charge is 0.290 e. The lowest BCUT2D eigenvalue weighted by molar-refractivity contribution is -0.128. The normalized spacial score (nSPS) is 14.2. The fourth-order valence-corrected chi connectivity index (χ4v) is 2.72. The lowest BCUT2D eigenvalue weighted by atomic mass is 9.85. The van der Waals surface area contributed by atoms with Gasteiger partial charge in [0.2, 0.25) is 5.91 Å². The Hall–Kier alpha value is -2.70. The maximum atomic E-state index is 12.5. The number of aryl methyl sites for hydroxylation is 1. The van der Waals surface area contributed by atoms with Crippen molar-refractivity contribution in [2.75, 3.05) is 0 Å². The standard InChI is InChI=1S/C17H20N4O3/c1-2-10-21-17(24)13-9-4-3-8-12(13)14(20-21)16(23)19-18-15(22)11-6-5-7-11/h3-4,8-9,11H,2,5-7,10H2,1H3,(H,18,22)(H,19,23). The molecule has 1 aliphatic carbocycles. The first kappa shape index (κ1) is 16.2. The number of aromatic nitrogens is 2. The van der Waals surface area contributed by atoms with Crippen LogP contribution in [0.25, 0.3) is 10.8 Å². The summed E-state index contributed by atoms with van der Waals surface area (Å²) in [6, 6.07) is 6.86. The van der Waals surface area contributed by atoms with E-state index in [0.717, 1.165) is 25.7 Å². The van der Waals surface area contributed by atoms with E-state index >= 15 is 0 Å². The molecule has 0 bridgehead atoms. The van der Waals surface area contributed by atoms with Gasteiger partial charge in [-0.05, 0) is 25.3 Å². The van der Waals surface area contributed by atoms with Crippen molar-refractivity contribution < 1.29 is 9.59 Å². The van der Waals surface area contributed by atoms with Crippen LogP contribution in [0.2, 0.25) is 0 Å². The number of nitrogens with one attached hydrogen (secondary N) is 2. The molecule has 0 saturated heterocycles. The number of nitrogens with zero attached hydrogens (tertiary/aromatic N) is 2. The summed E-state index contributed by atoms with van der Waals surface area (Å²) in [7, 11) is 0. The van der Waals surface area contributed by atoms with Gasteiger partial charge in [0.05, 0.1) is 5.39 Å². The van der Waals surface area contributed by atoms with Gasteiger partial charge in [0.25, 0.3) is 11.5 Å². The van der Waals surface area contributed by atoms with E-state index in [1.807, 2.05) is 6.92 Å². The van der Waals surface area contributed by atoms with Crippen molar-refractivity contribution in [3.63, 3.8) is 0 Å². The summed E-state index contributed by atoms with van der Waals surface area (Å²) in [5, 5.41) is 5.11. The fourth-order valence-electron chi connectivity index (χ4n) is 2.72. The predicted molar refractivity (Wildman–Crippen MR) is 89.2 cm³/mol. The lowest BCUT2D eigenvalue weighted by Gasteiger charge is -2.24. The number of fused-ring (bicyclic) bond motifs is 1. The number of carbonyl (C=O) groups is 2. The van der Waals surface area contributed by atoms with Gasteiger partial charge in [-0.3, -0.25) is 25.2 Å². The Morgan fingerprint density at radius 3 is 2.54 bits per heavy atom. The molecule has 1 aromatic carbocycles. The molecule has 1 fully saturated rings. The SMILES string of the molecule is CCCn1nc(C(=O)NNC(=O)C2CCC2)c2ccccc2c1=O. The molecule has 0 spiro atoms. The van der Waals surface area contributed by atoms with Crippen LogP contribution in [0.4, 0.5) is 0 Å². The Morgan fingerprint density at radius 2 is 1.92 bits per heavy atom. The van der Waals surface area contributed by atoms with E-state index in [0.29, 0.717) is 17.3 Å². The van der Waals surface area contributed by atoms with Crippen LogP contribution in [-0.2, 0) is 11.3 Å². The third-order valence-corrected chi connectivity index (χ3v) is 4.29. The molecule has 0 radical (unpaired) electrons. The molecule has 3 rings (SSSR count). The summed E-state index contributed by atoms with van der Waals surface area (Å²) in [5.74, 6) is -0.728. The summed E-state index contributed by atoms with van der Waals surface area (Å²) in [5.41, 5.74) is 4.77. The molecule has 2 aromatic rings. The van der Waals surface area contributed by atoms with Crippen molar-refractivity contribution in [2.24, 2.45) is 5.92 Å². The van der Waals surface area contributed by atoms with E-state index in [2.05, 4.69) is 16.0 Å². The molecule has 24 heavy (non-hydrogen) atoms. The Labute approximate surface area is 139 Å². The first-order chi connectivity index (χ1) is 11.6. The molecular formula is C17H20N4O3. The summed E-state index contributed by atoms with van der Waals surface area (Å²) in [6.45, 7) is 2.36. The minimum absolute atomic E-state index is 0.0240. The molecule has 0 aliphatic heterocycles. The average Bonchev–Trinajstić information content (AvgIpc) is 2.54. The van der Waals surface area contributed by atoms with Gasteiger partial charge in [-0.1, -0.05) is 31.5 Å². The minimum Gasteiger partial charge on any atom is -0.273 e. The molecular weight excluding hydrogens is 308 g/mol. The van der Waals surface area contributed by atoms with Crippen molar-refractivity contribution in [3.05, 3.63) is 40.3 Å². The molecule has 1 aromatic heterocycles. The molecule has 126 valence electrons. The summed E-state index contributed by atoms with van der Waals surface area (Å²) < 4.78 is 1.30. The zero-order valence-electron chi connectivity index (χ0n) is 13.5. The molecule has 0 unspecified atom stereocenters. The first-order valence-electron chi connectivity index (χ1n) is 8.22. The molecule has 2 amide bonds. The van der Waals surface area contributed by atoms with Gasteiger partial charge < -0.3 is 0 Å². The van der Waals surface area contributed by atoms with Crippen molar-refractivity contribution in [3.8, 4) is 0 Å². The lowest BCUT2D eigenvalue weighted by Crippen LogP contribution is -2.46. The highest BCUT2D eigenvalue weighted by Gasteiger charge is 2.26. The van der Waals surface area contributed by atoms with Gasteiger partial charge in [-0.15, -0.1) is 0 Å². The van der Waals surface area contributed by atoms with Crippen LogP contribution >= 0.6 is 0 Å². The second-order valence-corrected chi connectivity index (χ2v) is 5.99. The minimum atomic E-state index is -0.524. The van der Waals surface area contributed by atoms with Gasteiger partial charge in [0.15, 0.2) is 5.69 Å². The van der Waals surface area contributed by atoms with Gasteiger partial charge in [0.1, 0.15) is 0 Å². The molecule has 1 heterocycles. The second kappa shape index (κ2) is 6.82. The number of amides is 2. The highest BCUT2D eigenvalue weighted by Crippen LogP contribution is 2.25. The van der Waals surface area contributed by atoms with Crippen LogP contribution in [0.15, 0.2) is 29.1 Å². The van der Waals surface area contributed by atoms with Crippen LogP contribution in [0.5, 0.6) is 0 Å². The van der Waals surface area contributed by atoms with E-state index in [1.54, 1.807) is 24.3 Å². The van der Waals surface area contributed by atoms with Crippen LogP contribution in [-0.4, -0.2) is 21.6 Å². The Morgan fingerprint density at radius 1 is 1.21 bits per heavy atom. The molecule has 7 heteroatoms. The summed E-state index contributed by atoms with van der Waals surface area (Å²) >= 11 is 0. The molecule has 1 aliphatic rings. The number of carbonyl (C=O) groups excluding carboxylic acids is 2. The third kappa shape index (κ3) is 3.02. The molecule has 0 atom stereocenters. The van der Waals surface area contributed by atoms with E-state index in [9.17, 15) is 14.4 Å². The van der Waals surface area contributed by atoms with Crippen molar-refractivity contribution in [1.82, 2.24) is 20.6 Å². The predicted octanol–water partition coefficient (Wildman–Crippen LogP) is 1.37. The average molecular weight is 328 g/mol. The highest BCUT2D eigenvalue weighted by molar-refractivity contribution is 6.05. The molecule has 1 saturated carbocycles. The number of rotatable bonds is 4. The van der Waals surface area contributed by atoms with E-state index < -0.39 is 5.91 Å².